The van der Waals surface area contributed by atoms with Crippen LogP contribution in [-0.2, 0) is 6.42 Å². The Morgan fingerprint density at radius 3 is 2.32 bits per heavy atom. The summed E-state index contributed by atoms with van der Waals surface area (Å²) in [6, 6.07) is 16.9. The van der Waals surface area contributed by atoms with E-state index in [1.54, 1.807) is 0 Å². The number of halogens is 1. The second-order valence-electron chi connectivity index (χ2n) is 4.64. The molecule has 0 saturated heterocycles. The standard InChI is InChI=1S/C15H10IN3/c16-19-15-13-8-4-2-6-11(13)9-10-5-1-3-7-12(10)14(15)17-18-19/h1-8H,9H2. The molecule has 0 spiro atoms. The second kappa shape index (κ2) is 4.16. The van der Waals surface area contributed by atoms with Crippen LogP contribution < -0.4 is 0 Å². The van der Waals surface area contributed by atoms with Crippen molar-refractivity contribution in [3.63, 3.8) is 0 Å². The highest BCUT2D eigenvalue weighted by Crippen LogP contribution is 2.39. The van der Waals surface area contributed by atoms with Crippen LogP contribution in [0.15, 0.2) is 48.5 Å². The fourth-order valence-corrected chi connectivity index (χ4v) is 3.27. The molecule has 19 heavy (non-hydrogen) atoms. The zero-order valence-electron chi connectivity index (χ0n) is 10.0. The molecule has 0 saturated carbocycles. The Kier molecular flexibility index (Phi) is 2.44. The summed E-state index contributed by atoms with van der Waals surface area (Å²) >= 11 is 2.19. The third-order valence-electron chi connectivity index (χ3n) is 3.56. The van der Waals surface area contributed by atoms with Crippen molar-refractivity contribution in [2.24, 2.45) is 0 Å². The van der Waals surface area contributed by atoms with Gasteiger partial charge in [0, 0.05) is 11.1 Å². The minimum absolute atomic E-state index is 0.944. The lowest BCUT2D eigenvalue weighted by Gasteiger charge is -2.06. The molecule has 0 fully saturated rings. The maximum Gasteiger partial charge on any atom is 0.122 e. The van der Waals surface area contributed by atoms with E-state index in [2.05, 4.69) is 81.7 Å². The van der Waals surface area contributed by atoms with Gasteiger partial charge in [-0.15, -0.1) is 5.10 Å². The van der Waals surface area contributed by atoms with E-state index < -0.39 is 0 Å². The molecule has 0 radical (unpaired) electrons. The maximum absolute atomic E-state index is 4.36. The molecular weight excluding hydrogens is 349 g/mol. The van der Waals surface area contributed by atoms with E-state index in [1.807, 2.05) is 2.90 Å². The van der Waals surface area contributed by atoms with Gasteiger partial charge in [0.05, 0.1) is 22.9 Å². The molecule has 92 valence electrons. The third kappa shape index (κ3) is 1.63. The van der Waals surface area contributed by atoms with Gasteiger partial charge in [-0.25, -0.2) is 0 Å². The van der Waals surface area contributed by atoms with Crippen LogP contribution >= 0.6 is 22.9 Å². The van der Waals surface area contributed by atoms with E-state index in [9.17, 15) is 0 Å². The minimum atomic E-state index is 0.944. The summed E-state index contributed by atoms with van der Waals surface area (Å²) < 4.78 is 1.84. The Morgan fingerprint density at radius 2 is 1.53 bits per heavy atom. The third-order valence-corrected chi connectivity index (χ3v) is 4.23. The Morgan fingerprint density at radius 1 is 0.895 bits per heavy atom. The summed E-state index contributed by atoms with van der Waals surface area (Å²) in [5.41, 5.74) is 7.14. The number of hydrogen-bond donors (Lipinski definition) is 0. The van der Waals surface area contributed by atoms with Gasteiger partial charge in [0.2, 0.25) is 0 Å². The van der Waals surface area contributed by atoms with Crippen molar-refractivity contribution in [2.75, 3.05) is 0 Å². The molecule has 4 heteroatoms. The van der Waals surface area contributed by atoms with Crippen LogP contribution in [0.3, 0.4) is 0 Å². The fraction of sp³-hybridized carbons (Fsp3) is 0.0667. The van der Waals surface area contributed by atoms with Crippen molar-refractivity contribution in [3.05, 3.63) is 59.7 Å². The number of fused-ring (bicyclic) bond motifs is 5. The van der Waals surface area contributed by atoms with Crippen LogP contribution in [0.5, 0.6) is 0 Å². The molecule has 3 nitrogen and oxygen atoms in total. The first-order chi connectivity index (χ1) is 9.34. The average molecular weight is 359 g/mol. The van der Waals surface area contributed by atoms with E-state index in [4.69, 9.17) is 0 Å². The first-order valence-corrected chi connectivity index (χ1v) is 7.09. The SMILES string of the molecule is In1nnc2c1-c1ccccc1Cc1ccccc1-2. The van der Waals surface area contributed by atoms with Crippen LogP contribution in [-0.4, -0.2) is 13.2 Å². The van der Waals surface area contributed by atoms with E-state index in [0.717, 1.165) is 17.8 Å². The predicted octanol–water partition coefficient (Wildman–Crippen LogP) is 3.71. The van der Waals surface area contributed by atoms with Crippen molar-refractivity contribution in [1.82, 2.24) is 13.2 Å². The van der Waals surface area contributed by atoms with Crippen LogP contribution in [0.2, 0.25) is 0 Å². The van der Waals surface area contributed by atoms with E-state index in [0.29, 0.717) is 0 Å². The zero-order valence-corrected chi connectivity index (χ0v) is 12.2. The minimum Gasteiger partial charge on any atom is -0.183 e. The lowest BCUT2D eigenvalue weighted by atomic mass is 10.00. The molecule has 0 bridgehead atoms. The first kappa shape index (κ1) is 11.2. The van der Waals surface area contributed by atoms with E-state index in [-0.39, 0.29) is 0 Å². The van der Waals surface area contributed by atoms with Gasteiger partial charge >= 0.3 is 0 Å². The summed E-state index contributed by atoms with van der Waals surface area (Å²) in [7, 11) is 0. The molecule has 0 unspecified atom stereocenters. The summed E-state index contributed by atoms with van der Waals surface area (Å²) in [4.78, 5) is 0. The molecule has 0 aliphatic heterocycles. The average Bonchev–Trinajstić information content (AvgIpc) is 2.75. The molecule has 3 aromatic rings. The van der Waals surface area contributed by atoms with E-state index >= 15 is 0 Å². The number of hydrogen-bond acceptors (Lipinski definition) is 2. The molecule has 1 aliphatic carbocycles. The molecular formula is C15H10IN3. The second-order valence-corrected chi connectivity index (χ2v) is 5.55. The highest BCUT2D eigenvalue weighted by Gasteiger charge is 2.23. The van der Waals surface area contributed by atoms with Crippen molar-refractivity contribution in [3.8, 4) is 22.5 Å². The molecule has 0 atom stereocenters. The fourth-order valence-electron chi connectivity index (χ4n) is 2.69. The van der Waals surface area contributed by atoms with Crippen LogP contribution in [0.1, 0.15) is 11.1 Å². The predicted molar refractivity (Wildman–Crippen MR) is 83.1 cm³/mol. The quantitative estimate of drug-likeness (QED) is 0.448. The lowest BCUT2D eigenvalue weighted by Crippen LogP contribution is -1.92. The molecule has 2 aromatic carbocycles. The number of benzene rings is 2. The van der Waals surface area contributed by atoms with Gasteiger partial charge in [0.1, 0.15) is 11.4 Å². The summed E-state index contributed by atoms with van der Waals surface area (Å²) in [5, 5.41) is 8.55. The Balaban J connectivity index is 2.14. The summed E-state index contributed by atoms with van der Waals surface area (Å²) in [5.74, 6) is 0. The van der Waals surface area contributed by atoms with Crippen LogP contribution in [0.4, 0.5) is 0 Å². The van der Waals surface area contributed by atoms with Gasteiger partial charge in [0.15, 0.2) is 0 Å². The molecule has 1 heterocycles. The van der Waals surface area contributed by atoms with Gasteiger partial charge in [0.25, 0.3) is 0 Å². The summed E-state index contributed by atoms with van der Waals surface area (Å²) in [6.45, 7) is 0. The topological polar surface area (TPSA) is 30.7 Å². The van der Waals surface area contributed by atoms with Gasteiger partial charge in [-0.3, -0.25) is 0 Å². The van der Waals surface area contributed by atoms with Crippen molar-refractivity contribution >= 4 is 22.9 Å². The highest BCUT2D eigenvalue weighted by atomic mass is 127. The monoisotopic (exact) mass is 359 g/mol. The van der Waals surface area contributed by atoms with Crippen molar-refractivity contribution < 1.29 is 0 Å². The normalized spacial score (nSPS) is 12.3. The summed E-state index contributed by atoms with van der Waals surface area (Å²) in [6.07, 6.45) is 0.944. The number of aromatic nitrogens is 3. The maximum atomic E-state index is 4.36. The van der Waals surface area contributed by atoms with Gasteiger partial charge < -0.3 is 0 Å². The number of rotatable bonds is 0. The molecule has 0 amide bonds. The molecule has 4 rings (SSSR count). The first-order valence-electron chi connectivity index (χ1n) is 6.13. The lowest BCUT2D eigenvalue weighted by molar-refractivity contribution is 0.921. The van der Waals surface area contributed by atoms with Gasteiger partial charge in [-0.05, 0) is 17.5 Å². The Hall–Kier alpha value is -1.69. The van der Waals surface area contributed by atoms with Gasteiger partial charge in [-0.2, -0.15) is 2.90 Å². The smallest absolute Gasteiger partial charge is 0.122 e. The molecule has 1 aromatic heterocycles. The van der Waals surface area contributed by atoms with Gasteiger partial charge in [-0.1, -0.05) is 53.7 Å². The van der Waals surface area contributed by atoms with Crippen LogP contribution in [0.25, 0.3) is 22.5 Å². The Labute approximate surface area is 124 Å². The number of nitrogens with zero attached hydrogens (tertiary/aromatic N) is 3. The van der Waals surface area contributed by atoms with E-state index in [1.165, 1.54) is 22.3 Å². The van der Waals surface area contributed by atoms with Crippen molar-refractivity contribution in [2.45, 2.75) is 6.42 Å². The molecule has 0 N–H and O–H groups in total. The largest absolute Gasteiger partial charge is 0.183 e. The van der Waals surface area contributed by atoms with Crippen LogP contribution in [0, 0.1) is 0 Å². The Bertz CT molecular complexity index is 777. The molecule has 1 aliphatic rings. The highest BCUT2D eigenvalue weighted by molar-refractivity contribution is 14.1. The zero-order chi connectivity index (χ0) is 12.8. The van der Waals surface area contributed by atoms with Crippen molar-refractivity contribution in [1.29, 1.82) is 0 Å².